The first-order valence-electron chi connectivity index (χ1n) is 5.01. The summed E-state index contributed by atoms with van der Waals surface area (Å²) in [6, 6.07) is -0.759. The van der Waals surface area contributed by atoms with Gasteiger partial charge in [0.25, 0.3) is 5.91 Å². The Bertz CT molecular complexity index is 233. The lowest BCUT2D eigenvalue weighted by atomic mass is 10.1. The highest BCUT2D eigenvalue weighted by molar-refractivity contribution is 5.83. The Morgan fingerprint density at radius 1 is 1.40 bits per heavy atom. The monoisotopic (exact) mass is 215 g/mol. The molecule has 0 spiro atoms. The largest absolute Gasteiger partial charge is 0.444 e. The molecule has 0 aliphatic rings. The zero-order valence-electron chi connectivity index (χ0n) is 9.72. The summed E-state index contributed by atoms with van der Waals surface area (Å²) in [5.41, 5.74) is 6.36. The van der Waals surface area contributed by atoms with Gasteiger partial charge in [-0.15, -0.1) is 0 Å². The first kappa shape index (κ1) is 13.7. The molecule has 0 saturated heterocycles. The van der Waals surface area contributed by atoms with E-state index in [1.807, 2.05) is 6.92 Å². The second-order valence-corrected chi connectivity index (χ2v) is 4.35. The summed E-state index contributed by atoms with van der Waals surface area (Å²) >= 11 is 0. The van der Waals surface area contributed by atoms with Crippen LogP contribution in [0.4, 0.5) is 4.79 Å². The number of ether oxygens (including phenoxy) is 1. The fraction of sp³-hybridized carbons (Fsp3) is 0.800. The lowest BCUT2D eigenvalue weighted by Gasteiger charge is -2.21. The Labute approximate surface area is 90.4 Å². The van der Waals surface area contributed by atoms with Crippen molar-refractivity contribution < 1.29 is 14.3 Å². The molecule has 0 rings (SSSR count). The van der Waals surface area contributed by atoms with Crippen molar-refractivity contribution in [2.24, 2.45) is 0 Å². The molecule has 0 aliphatic heterocycles. The molecule has 1 radical (unpaired) electrons. The van der Waals surface area contributed by atoms with Gasteiger partial charge in [-0.25, -0.2) is 4.79 Å². The summed E-state index contributed by atoms with van der Waals surface area (Å²) in [4.78, 5) is 22.1. The second-order valence-electron chi connectivity index (χ2n) is 4.35. The maximum atomic E-state index is 11.3. The number of nitrogens with one attached hydrogen (secondary N) is 2. The minimum absolute atomic E-state index is 0.460. The lowest BCUT2D eigenvalue weighted by molar-refractivity contribution is -0.120. The second kappa shape index (κ2) is 5.58. The van der Waals surface area contributed by atoms with E-state index in [0.29, 0.717) is 6.42 Å². The predicted octanol–water partition coefficient (Wildman–Crippen LogP) is 1.49. The number of hydrogen-bond acceptors (Lipinski definition) is 3. The molecular weight excluding hydrogens is 196 g/mol. The highest BCUT2D eigenvalue weighted by Gasteiger charge is 2.22. The van der Waals surface area contributed by atoms with E-state index < -0.39 is 23.6 Å². The summed E-state index contributed by atoms with van der Waals surface area (Å²) in [5.74, 6) is -0.789. The van der Waals surface area contributed by atoms with Gasteiger partial charge in [-0.05, 0) is 27.2 Å². The van der Waals surface area contributed by atoms with Crippen LogP contribution in [0.15, 0.2) is 0 Å². The average molecular weight is 215 g/mol. The number of carbonyl (C=O) groups excluding carboxylic acids is 2. The molecular formula is C10H19N2O3. The van der Waals surface area contributed by atoms with E-state index in [9.17, 15) is 9.59 Å². The fourth-order valence-electron chi connectivity index (χ4n) is 1.01. The van der Waals surface area contributed by atoms with E-state index in [-0.39, 0.29) is 0 Å². The molecule has 5 heteroatoms. The minimum atomic E-state index is -0.789. The summed E-state index contributed by atoms with van der Waals surface area (Å²) in [6.45, 7) is 7.10. The van der Waals surface area contributed by atoms with Crippen LogP contribution >= 0.6 is 0 Å². The third-order valence-corrected chi connectivity index (χ3v) is 1.58. The summed E-state index contributed by atoms with van der Waals surface area (Å²) in [5, 5.41) is 2.38. The molecule has 15 heavy (non-hydrogen) atoms. The predicted molar refractivity (Wildman–Crippen MR) is 56.2 cm³/mol. The van der Waals surface area contributed by atoms with Crippen LogP contribution in [0.3, 0.4) is 0 Å². The molecule has 1 unspecified atom stereocenters. The van der Waals surface area contributed by atoms with Gasteiger partial charge in [0.1, 0.15) is 11.6 Å². The van der Waals surface area contributed by atoms with Gasteiger partial charge in [0.15, 0.2) is 0 Å². The number of rotatable bonds is 4. The van der Waals surface area contributed by atoms with Gasteiger partial charge < -0.3 is 10.1 Å². The molecule has 0 bridgehead atoms. The van der Waals surface area contributed by atoms with E-state index in [0.717, 1.165) is 6.42 Å². The van der Waals surface area contributed by atoms with Crippen molar-refractivity contribution in [2.45, 2.75) is 52.2 Å². The highest BCUT2D eigenvalue weighted by Crippen LogP contribution is 2.07. The van der Waals surface area contributed by atoms with Crippen LogP contribution < -0.4 is 11.1 Å². The van der Waals surface area contributed by atoms with Gasteiger partial charge in [-0.2, -0.15) is 0 Å². The molecule has 5 nitrogen and oxygen atoms in total. The highest BCUT2D eigenvalue weighted by atomic mass is 16.6. The Morgan fingerprint density at radius 2 is 1.93 bits per heavy atom. The molecule has 0 aliphatic carbocycles. The van der Waals surface area contributed by atoms with Gasteiger partial charge in [0.05, 0.1) is 0 Å². The van der Waals surface area contributed by atoms with Crippen molar-refractivity contribution in [3.63, 3.8) is 0 Å². The van der Waals surface area contributed by atoms with E-state index in [1.54, 1.807) is 20.8 Å². The Kier molecular flexibility index (Phi) is 5.11. The first-order valence-corrected chi connectivity index (χ1v) is 5.01. The van der Waals surface area contributed by atoms with Crippen molar-refractivity contribution >= 4 is 12.0 Å². The number of amides is 2. The van der Waals surface area contributed by atoms with E-state index in [1.165, 1.54) is 0 Å². The summed E-state index contributed by atoms with van der Waals surface area (Å²) in [6.07, 6.45) is 0.536. The Morgan fingerprint density at radius 3 is 2.27 bits per heavy atom. The van der Waals surface area contributed by atoms with E-state index in [4.69, 9.17) is 10.5 Å². The van der Waals surface area contributed by atoms with Crippen LogP contribution in [-0.2, 0) is 9.53 Å². The maximum absolute atomic E-state index is 11.3. The van der Waals surface area contributed by atoms with Crippen molar-refractivity contribution in [3.8, 4) is 0 Å². The third-order valence-electron chi connectivity index (χ3n) is 1.58. The van der Waals surface area contributed by atoms with Crippen molar-refractivity contribution in [3.05, 3.63) is 0 Å². The van der Waals surface area contributed by atoms with Crippen molar-refractivity contribution in [1.29, 1.82) is 0 Å². The molecule has 2 N–H and O–H groups in total. The number of carbonyl (C=O) groups is 2. The van der Waals surface area contributed by atoms with Crippen LogP contribution in [0.1, 0.15) is 40.5 Å². The third kappa shape index (κ3) is 6.76. The van der Waals surface area contributed by atoms with Gasteiger partial charge in [0.2, 0.25) is 0 Å². The van der Waals surface area contributed by atoms with Gasteiger partial charge in [0, 0.05) is 0 Å². The van der Waals surface area contributed by atoms with E-state index >= 15 is 0 Å². The van der Waals surface area contributed by atoms with Gasteiger partial charge in [-0.1, -0.05) is 13.3 Å². The van der Waals surface area contributed by atoms with Crippen LogP contribution in [0.5, 0.6) is 0 Å². The van der Waals surface area contributed by atoms with Gasteiger partial charge in [-0.3, -0.25) is 10.5 Å². The van der Waals surface area contributed by atoms with Crippen molar-refractivity contribution in [2.75, 3.05) is 0 Å². The summed E-state index contributed by atoms with van der Waals surface area (Å²) < 4.78 is 4.98. The molecule has 0 aromatic rings. The molecule has 87 valence electrons. The average Bonchev–Trinajstić information content (AvgIpc) is 1.99. The van der Waals surface area contributed by atoms with Crippen molar-refractivity contribution in [1.82, 2.24) is 11.1 Å². The standard InChI is InChI=1S/C10H19N2O3/c1-5-6-7(8(11)13)12-9(14)15-10(2,3)4/h7,11H,5-6H2,1-4H3,(H,12,14). The van der Waals surface area contributed by atoms with Gasteiger partial charge >= 0.3 is 6.09 Å². The first-order chi connectivity index (χ1) is 6.76. The normalized spacial score (nSPS) is 13.1. The van der Waals surface area contributed by atoms with Crippen LogP contribution in [0, 0.1) is 0 Å². The molecule has 2 amide bonds. The smallest absolute Gasteiger partial charge is 0.408 e. The molecule has 0 fully saturated rings. The van der Waals surface area contributed by atoms with Crippen LogP contribution in [0.2, 0.25) is 0 Å². The van der Waals surface area contributed by atoms with E-state index in [2.05, 4.69) is 5.32 Å². The Balaban J connectivity index is 4.18. The summed E-state index contributed by atoms with van der Waals surface area (Å²) in [7, 11) is 0. The number of alkyl carbamates (subject to hydrolysis) is 1. The van der Waals surface area contributed by atoms with Crippen LogP contribution in [0.25, 0.3) is 0 Å². The minimum Gasteiger partial charge on any atom is -0.444 e. The lowest BCUT2D eigenvalue weighted by Crippen LogP contribution is -2.43. The Hall–Kier alpha value is -1.26. The fourth-order valence-corrected chi connectivity index (χ4v) is 1.01. The molecule has 0 saturated carbocycles. The topological polar surface area (TPSA) is 79.2 Å². The van der Waals surface area contributed by atoms with Crippen LogP contribution in [-0.4, -0.2) is 23.6 Å². The maximum Gasteiger partial charge on any atom is 0.408 e. The molecule has 0 heterocycles. The molecule has 0 aromatic carbocycles. The molecule has 1 atom stereocenters. The zero-order valence-corrected chi connectivity index (χ0v) is 9.72. The SMILES string of the molecule is CCCC(NC(=O)OC(C)(C)C)C([NH])=O. The molecule has 0 aromatic heterocycles. The quantitative estimate of drug-likeness (QED) is 0.771. The number of hydrogen-bond donors (Lipinski definition) is 1. The zero-order chi connectivity index (χ0) is 12.1.